The van der Waals surface area contributed by atoms with Gasteiger partial charge in [-0.15, -0.1) is 0 Å². The van der Waals surface area contributed by atoms with Crippen molar-refractivity contribution < 1.29 is 4.79 Å². The SMILES string of the molecule is CC1CNC(C)(C)CN1C(=O)c1ccccc1. The summed E-state index contributed by atoms with van der Waals surface area (Å²) in [4.78, 5) is 14.4. The van der Waals surface area contributed by atoms with E-state index in [9.17, 15) is 4.79 Å². The number of hydrogen-bond donors (Lipinski definition) is 1. The smallest absolute Gasteiger partial charge is 0.254 e. The predicted molar refractivity (Wildman–Crippen MR) is 69.0 cm³/mol. The first-order valence-electron chi connectivity index (χ1n) is 6.11. The van der Waals surface area contributed by atoms with Crippen LogP contribution in [0.2, 0.25) is 0 Å². The molecule has 1 aliphatic rings. The van der Waals surface area contributed by atoms with Gasteiger partial charge >= 0.3 is 0 Å². The van der Waals surface area contributed by atoms with Gasteiger partial charge < -0.3 is 10.2 Å². The minimum absolute atomic E-state index is 0.00303. The number of carbonyl (C=O) groups is 1. The van der Waals surface area contributed by atoms with Crippen molar-refractivity contribution >= 4 is 5.91 Å². The molecular formula is C14H20N2O. The summed E-state index contributed by atoms with van der Waals surface area (Å²) in [7, 11) is 0. The van der Waals surface area contributed by atoms with Crippen molar-refractivity contribution in [3.05, 3.63) is 35.9 Å². The van der Waals surface area contributed by atoms with Crippen LogP contribution in [0, 0.1) is 0 Å². The van der Waals surface area contributed by atoms with Gasteiger partial charge in [-0.1, -0.05) is 18.2 Å². The molecule has 1 atom stereocenters. The zero-order valence-corrected chi connectivity index (χ0v) is 10.7. The third-order valence-electron chi connectivity index (χ3n) is 3.26. The molecule has 0 spiro atoms. The number of nitrogens with one attached hydrogen (secondary N) is 1. The minimum Gasteiger partial charge on any atom is -0.333 e. The van der Waals surface area contributed by atoms with Crippen LogP contribution >= 0.6 is 0 Å². The monoisotopic (exact) mass is 232 g/mol. The third-order valence-corrected chi connectivity index (χ3v) is 3.26. The average molecular weight is 232 g/mol. The topological polar surface area (TPSA) is 32.3 Å². The molecule has 1 aromatic rings. The Balaban J connectivity index is 2.18. The summed E-state index contributed by atoms with van der Waals surface area (Å²) < 4.78 is 0. The second-order valence-electron chi connectivity index (χ2n) is 5.41. The second kappa shape index (κ2) is 4.49. The van der Waals surface area contributed by atoms with Crippen LogP contribution in [-0.4, -0.2) is 35.5 Å². The van der Waals surface area contributed by atoms with Gasteiger partial charge in [0.15, 0.2) is 0 Å². The quantitative estimate of drug-likeness (QED) is 0.802. The van der Waals surface area contributed by atoms with E-state index in [1.54, 1.807) is 0 Å². The number of carbonyl (C=O) groups excluding carboxylic acids is 1. The summed E-state index contributed by atoms with van der Waals surface area (Å²) in [6.07, 6.45) is 0. The normalized spacial score (nSPS) is 23.5. The molecule has 1 aromatic carbocycles. The molecule has 0 aromatic heterocycles. The molecule has 1 heterocycles. The van der Waals surface area contributed by atoms with E-state index in [1.807, 2.05) is 35.2 Å². The maximum absolute atomic E-state index is 12.4. The lowest BCUT2D eigenvalue weighted by molar-refractivity contribution is 0.0533. The number of hydrogen-bond acceptors (Lipinski definition) is 2. The maximum atomic E-state index is 12.4. The molecule has 1 unspecified atom stereocenters. The number of piperazine rings is 1. The average Bonchev–Trinajstić information content (AvgIpc) is 2.33. The van der Waals surface area contributed by atoms with Crippen LogP contribution in [0.3, 0.4) is 0 Å². The zero-order chi connectivity index (χ0) is 12.5. The van der Waals surface area contributed by atoms with Gasteiger partial charge in [0.25, 0.3) is 5.91 Å². The molecule has 0 aliphatic carbocycles. The summed E-state index contributed by atoms with van der Waals surface area (Å²) >= 11 is 0. The van der Waals surface area contributed by atoms with E-state index in [0.29, 0.717) is 0 Å². The highest BCUT2D eigenvalue weighted by molar-refractivity contribution is 5.94. The summed E-state index contributed by atoms with van der Waals surface area (Å²) in [6.45, 7) is 7.95. The molecule has 0 saturated carbocycles. The van der Waals surface area contributed by atoms with Gasteiger partial charge in [0.1, 0.15) is 0 Å². The highest BCUT2D eigenvalue weighted by Crippen LogP contribution is 2.17. The Labute approximate surface area is 103 Å². The van der Waals surface area contributed by atoms with E-state index in [4.69, 9.17) is 0 Å². The Hall–Kier alpha value is -1.35. The molecule has 0 radical (unpaired) electrons. The highest BCUT2D eigenvalue weighted by atomic mass is 16.2. The standard InChI is InChI=1S/C14H20N2O/c1-11-9-15-14(2,3)10-16(11)13(17)12-7-5-4-6-8-12/h4-8,11,15H,9-10H2,1-3H3. The first-order valence-corrected chi connectivity index (χ1v) is 6.11. The molecule has 17 heavy (non-hydrogen) atoms. The van der Waals surface area contributed by atoms with Crippen molar-refractivity contribution in [3.8, 4) is 0 Å². The van der Waals surface area contributed by atoms with Gasteiger partial charge in [0.2, 0.25) is 0 Å². The van der Waals surface area contributed by atoms with Crippen LogP contribution in [-0.2, 0) is 0 Å². The first-order chi connectivity index (χ1) is 7.99. The number of amides is 1. The maximum Gasteiger partial charge on any atom is 0.254 e. The Morgan fingerprint density at radius 2 is 2.00 bits per heavy atom. The van der Waals surface area contributed by atoms with Gasteiger partial charge in [0.05, 0.1) is 0 Å². The van der Waals surface area contributed by atoms with Gasteiger partial charge in [-0.25, -0.2) is 0 Å². The van der Waals surface area contributed by atoms with Crippen LogP contribution in [0.15, 0.2) is 30.3 Å². The predicted octanol–water partition coefficient (Wildman–Crippen LogP) is 1.90. The molecule has 1 amide bonds. The van der Waals surface area contributed by atoms with Crippen molar-refractivity contribution in [2.24, 2.45) is 0 Å². The molecule has 1 saturated heterocycles. The van der Waals surface area contributed by atoms with Crippen molar-refractivity contribution in [1.82, 2.24) is 10.2 Å². The van der Waals surface area contributed by atoms with E-state index < -0.39 is 0 Å². The molecule has 3 heteroatoms. The fraction of sp³-hybridized carbons (Fsp3) is 0.500. The first kappa shape index (κ1) is 12.1. The lowest BCUT2D eigenvalue weighted by atomic mass is 9.98. The Morgan fingerprint density at radius 1 is 1.35 bits per heavy atom. The van der Waals surface area contributed by atoms with E-state index in [-0.39, 0.29) is 17.5 Å². The summed E-state index contributed by atoms with van der Waals surface area (Å²) in [6, 6.07) is 9.75. The van der Waals surface area contributed by atoms with Crippen LogP contribution < -0.4 is 5.32 Å². The van der Waals surface area contributed by atoms with Crippen LogP contribution in [0.1, 0.15) is 31.1 Å². The Bertz CT molecular complexity index is 400. The number of rotatable bonds is 1. The molecule has 0 bridgehead atoms. The molecule has 92 valence electrons. The molecule has 1 aliphatic heterocycles. The molecule has 3 nitrogen and oxygen atoms in total. The third kappa shape index (κ3) is 2.67. The fourth-order valence-electron chi connectivity index (χ4n) is 2.19. The highest BCUT2D eigenvalue weighted by Gasteiger charge is 2.33. The number of benzene rings is 1. The van der Waals surface area contributed by atoms with Crippen molar-refractivity contribution in [2.75, 3.05) is 13.1 Å². The van der Waals surface area contributed by atoms with E-state index in [1.165, 1.54) is 0 Å². The van der Waals surface area contributed by atoms with Gasteiger partial charge in [-0.05, 0) is 32.9 Å². The minimum atomic E-state index is -0.00303. The van der Waals surface area contributed by atoms with Crippen LogP contribution in [0.4, 0.5) is 0 Å². The Kier molecular flexibility index (Phi) is 3.20. The summed E-state index contributed by atoms with van der Waals surface area (Å²) in [5.41, 5.74) is 0.772. The lowest BCUT2D eigenvalue weighted by Crippen LogP contribution is -2.62. The van der Waals surface area contributed by atoms with Crippen LogP contribution in [0.25, 0.3) is 0 Å². The van der Waals surface area contributed by atoms with Gasteiger partial charge in [0, 0.05) is 30.2 Å². The van der Waals surface area contributed by atoms with E-state index in [0.717, 1.165) is 18.7 Å². The summed E-state index contributed by atoms with van der Waals surface area (Å²) in [5, 5.41) is 3.45. The second-order valence-corrected chi connectivity index (χ2v) is 5.41. The Morgan fingerprint density at radius 3 is 2.65 bits per heavy atom. The van der Waals surface area contributed by atoms with Crippen LogP contribution in [0.5, 0.6) is 0 Å². The van der Waals surface area contributed by atoms with Crippen molar-refractivity contribution in [2.45, 2.75) is 32.4 Å². The largest absolute Gasteiger partial charge is 0.333 e. The zero-order valence-electron chi connectivity index (χ0n) is 10.7. The van der Waals surface area contributed by atoms with Gasteiger partial charge in [-0.3, -0.25) is 4.79 Å². The molecule has 2 rings (SSSR count). The fourth-order valence-corrected chi connectivity index (χ4v) is 2.19. The molecular weight excluding hydrogens is 212 g/mol. The lowest BCUT2D eigenvalue weighted by Gasteiger charge is -2.43. The summed E-state index contributed by atoms with van der Waals surface area (Å²) in [5.74, 6) is 0.132. The van der Waals surface area contributed by atoms with E-state index >= 15 is 0 Å². The molecule has 1 N–H and O–H groups in total. The van der Waals surface area contributed by atoms with Crippen molar-refractivity contribution in [3.63, 3.8) is 0 Å². The number of nitrogens with zero attached hydrogens (tertiary/aromatic N) is 1. The van der Waals surface area contributed by atoms with Gasteiger partial charge in [-0.2, -0.15) is 0 Å². The van der Waals surface area contributed by atoms with E-state index in [2.05, 4.69) is 26.1 Å². The molecule has 1 fully saturated rings. The van der Waals surface area contributed by atoms with Crippen molar-refractivity contribution in [1.29, 1.82) is 0 Å².